The van der Waals surface area contributed by atoms with Crippen LogP contribution in [0.4, 0.5) is 0 Å². The van der Waals surface area contributed by atoms with Crippen LogP contribution in [-0.4, -0.2) is 20.6 Å². The molecular formula is C9H8N2O3. The van der Waals surface area contributed by atoms with Gasteiger partial charge in [0.25, 0.3) is 0 Å². The van der Waals surface area contributed by atoms with Crippen molar-refractivity contribution in [3.63, 3.8) is 0 Å². The van der Waals surface area contributed by atoms with Crippen LogP contribution in [0, 0.1) is 0 Å². The minimum absolute atomic E-state index is 0.0806. The highest BCUT2D eigenvalue weighted by Crippen LogP contribution is 2.19. The molecule has 2 aromatic heterocycles. The molecule has 0 aromatic carbocycles. The molecule has 0 amide bonds. The van der Waals surface area contributed by atoms with Crippen LogP contribution in [0.3, 0.4) is 0 Å². The lowest BCUT2D eigenvalue weighted by Gasteiger charge is -1.95. The van der Waals surface area contributed by atoms with Gasteiger partial charge in [-0.1, -0.05) is 0 Å². The highest BCUT2D eigenvalue weighted by Gasteiger charge is 2.12. The zero-order chi connectivity index (χ0) is 10.1. The maximum Gasteiger partial charge on any atom is 0.371 e. The normalized spacial score (nSPS) is 10.4. The summed E-state index contributed by atoms with van der Waals surface area (Å²) in [5, 5.41) is 8.64. The Bertz CT molecular complexity index is 470. The van der Waals surface area contributed by atoms with Crippen molar-refractivity contribution in [1.29, 1.82) is 0 Å². The number of aromatic nitrogens is 2. The van der Waals surface area contributed by atoms with Crippen molar-refractivity contribution in [3.05, 3.63) is 30.3 Å². The lowest BCUT2D eigenvalue weighted by Crippen LogP contribution is -1.92. The molecule has 0 radical (unpaired) electrons. The summed E-state index contributed by atoms with van der Waals surface area (Å²) in [5.41, 5.74) is 0. The summed E-state index contributed by atoms with van der Waals surface area (Å²) in [6.45, 7) is 0. The molecule has 14 heavy (non-hydrogen) atoms. The van der Waals surface area contributed by atoms with Crippen molar-refractivity contribution < 1.29 is 14.3 Å². The molecule has 0 saturated heterocycles. The molecule has 0 aliphatic heterocycles. The fourth-order valence-corrected chi connectivity index (χ4v) is 1.18. The van der Waals surface area contributed by atoms with Gasteiger partial charge in [0.05, 0.1) is 0 Å². The Hall–Kier alpha value is -2.04. The van der Waals surface area contributed by atoms with Gasteiger partial charge in [-0.25, -0.2) is 9.78 Å². The summed E-state index contributed by atoms with van der Waals surface area (Å²) in [5.74, 6) is -0.0964. The summed E-state index contributed by atoms with van der Waals surface area (Å²) in [6, 6.07) is 3.00. The minimum atomic E-state index is -1.08. The van der Waals surface area contributed by atoms with Crippen LogP contribution in [0.1, 0.15) is 10.6 Å². The number of hydrogen-bond acceptors (Lipinski definition) is 3. The lowest BCUT2D eigenvalue weighted by molar-refractivity contribution is 0.0663. The molecule has 0 atom stereocenters. The second-order valence-corrected chi connectivity index (χ2v) is 2.83. The van der Waals surface area contributed by atoms with Gasteiger partial charge >= 0.3 is 5.97 Å². The van der Waals surface area contributed by atoms with E-state index in [1.165, 1.54) is 6.07 Å². The molecule has 0 spiro atoms. The van der Waals surface area contributed by atoms with E-state index in [0.717, 1.165) is 0 Å². The molecule has 0 fully saturated rings. The highest BCUT2D eigenvalue weighted by molar-refractivity contribution is 5.85. The maximum atomic E-state index is 10.5. The largest absolute Gasteiger partial charge is 0.475 e. The van der Waals surface area contributed by atoms with E-state index in [1.54, 1.807) is 23.0 Å². The van der Waals surface area contributed by atoms with Crippen molar-refractivity contribution in [3.8, 4) is 11.6 Å². The number of nitrogens with zero attached hydrogens (tertiary/aromatic N) is 2. The molecule has 72 valence electrons. The monoisotopic (exact) mass is 192 g/mol. The molecular weight excluding hydrogens is 184 g/mol. The van der Waals surface area contributed by atoms with Crippen molar-refractivity contribution in [2.45, 2.75) is 0 Å². The van der Waals surface area contributed by atoms with Gasteiger partial charge in [-0.05, 0) is 12.1 Å². The maximum absolute atomic E-state index is 10.5. The third-order valence-corrected chi connectivity index (χ3v) is 1.86. The number of aryl methyl sites for hydroxylation is 1. The zero-order valence-electron chi connectivity index (χ0n) is 7.47. The summed E-state index contributed by atoms with van der Waals surface area (Å²) < 4.78 is 6.84. The standard InChI is InChI=1S/C9H8N2O3/c1-11-5-4-10-8(11)6-2-3-7(14-6)9(12)13/h2-5H,1H3,(H,12,13). The van der Waals surface area contributed by atoms with Crippen molar-refractivity contribution >= 4 is 5.97 Å². The average Bonchev–Trinajstić information content (AvgIpc) is 2.71. The van der Waals surface area contributed by atoms with Crippen LogP contribution < -0.4 is 0 Å². The SMILES string of the molecule is Cn1ccnc1-c1ccc(C(=O)O)o1. The first-order valence-corrected chi connectivity index (χ1v) is 3.99. The van der Waals surface area contributed by atoms with Crippen LogP contribution in [0.25, 0.3) is 11.6 Å². The average molecular weight is 192 g/mol. The van der Waals surface area contributed by atoms with E-state index in [2.05, 4.69) is 4.98 Å². The van der Waals surface area contributed by atoms with Crippen molar-refractivity contribution in [2.24, 2.45) is 7.05 Å². The van der Waals surface area contributed by atoms with Gasteiger partial charge in [0.2, 0.25) is 5.76 Å². The van der Waals surface area contributed by atoms with Crippen molar-refractivity contribution in [2.75, 3.05) is 0 Å². The highest BCUT2D eigenvalue weighted by atomic mass is 16.4. The van der Waals surface area contributed by atoms with Crippen LogP contribution in [0.15, 0.2) is 28.9 Å². The van der Waals surface area contributed by atoms with E-state index in [4.69, 9.17) is 9.52 Å². The van der Waals surface area contributed by atoms with Gasteiger partial charge in [0, 0.05) is 19.4 Å². The first kappa shape index (κ1) is 8.55. The minimum Gasteiger partial charge on any atom is -0.475 e. The smallest absolute Gasteiger partial charge is 0.371 e. The number of furan rings is 1. The topological polar surface area (TPSA) is 68.3 Å². The summed E-state index contributed by atoms with van der Waals surface area (Å²) in [6.07, 6.45) is 3.39. The fraction of sp³-hybridized carbons (Fsp3) is 0.111. The van der Waals surface area contributed by atoms with E-state index < -0.39 is 5.97 Å². The second-order valence-electron chi connectivity index (χ2n) is 2.83. The first-order valence-electron chi connectivity index (χ1n) is 3.99. The first-order chi connectivity index (χ1) is 6.68. The number of hydrogen-bond donors (Lipinski definition) is 1. The molecule has 5 nitrogen and oxygen atoms in total. The van der Waals surface area contributed by atoms with E-state index in [9.17, 15) is 4.79 Å². The number of aromatic carboxylic acids is 1. The van der Waals surface area contributed by atoms with Crippen LogP contribution in [0.2, 0.25) is 0 Å². The second kappa shape index (κ2) is 3.02. The number of rotatable bonds is 2. The number of carbonyl (C=O) groups is 1. The molecule has 2 heterocycles. The Morgan fingerprint density at radius 3 is 2.86 bits per heavy atom. The molecule has 2 aromatic rings. The van der Waals surface area contributed by atoms with E-state index in [1.807, 2.05) is 7.05 Å². The molecule has 2 rings (SSSR count). The number of imidazole rings is 1. The van der Waals surface area contributed by atoms with Crippen molar-refractivity contribution in [1.82, 2.24) is 9.55 Å². The van der Waals surface area contributed by atoms with Gasteiger partial charge in [0.15, 0.2) is 11.6 Å². The quantitative estimate of drug-likeness (QED) is 0.780. The summed E-state index contributed by atoms with van der Waals surface area (Å²) >= 11 is 0. The predicted molar refractivity (Wildman–Crippen MR) is 47.9 cm³/mol. The third kappa shape index (κ3) is 1.28. The Kier molecular flexibility index (Phi) is 1.85. The zero-order valence-corrected chi connectivity index (χ0v) is 7.47. The Morgan fingerprint density at radius 1 is 1.57 bits per heavy atom. The third-order valence-electron chi connectivity index (χ3n) is 1.86. The molecule has 0 unspecified atom stereocenters. The van der Waals surface area contributed by atoms with E-state index in [-0.39, 0.29) is 5.76 Å². The fourth-order valence-electron chi connectivity index (χ4n) is 1.18. The molecule has 0 saturated carbocycles. The lowest BCUT2D eigenvalue weighted by atomic mass is 10.4. The van der Waals surface area contributed by atoms with Crippen LogP contribution >= 0.6 is 0 Å². The van der Waals surface area contributed by atoms with E-state index in [0.29, 0.717) is 11.6 Å². The van der Waals surface area contributed by atoms with Gasteiger partial charge < -0.3 is 14.1 Å². The summed E-state index contributed by atoms with van der Waals surface area (Å²) in [4.78, 5) is 14.6. The Balaban J connectivity index is 2.43. The Morgan fingerprint density at radius 2 is 2.36 bits per heavy atom. The van der Waals surface area contributed by atoms with Gasteiger partial charge in [-0.15, -0.1) is 0 Å². The molecule has 0 aliphatic rings. The van der Waals surface area contributed by atoms with E-state index >= 15 is 0 Å². The number of carboxylic acid groups (broad SMARTS) is 1. The molecule has 1 N–H and O–H groups in total. The molecule has 0 bridgehead atoms. The van der Waals surface area contributed by atoms with Crippen LogP contribution in [0.5, 0.6) is 0 Å². The summed E-state index contributed by atoms with van der Waals surface area (Å²) in [7, 11) is 1.81. The van der Waals surface area contributed by atoms with Gasteiger partial charge in [-0.3, -0.25) is 0 Å². The predicted octanol–water partition coefficient (Wildman–Crippen LogP) is 1.38. The Labute approximate surface area is 79.6 Å². The molecule has 0 aliphatic carbocycles. The number of carboxylic acids is 1. The van der Waals surface area contributed by atoms with Gasteiger partial charge in [-0.2, -0.15) is 0 Å². The van der Waals surface area contributed by atoms with Crippen LogP contribution in [-0.2, 0) is 7.05 Å². The molecule has 5 heteroatoms. The van der Waals surface area contributed by atoms with Gasteiger partial charge in [0.1, 0.15) is 0 Å².